The second-order valence-corrected chi connectivity index (χ2v) is 7.68. The molecule has 1 saturated heterocycles. The zero-order chi connectivity index (χ0) is 19.0. The summed E-state index contributed by atoms with van der Waals surface area (Å²) in [6.07, 6.45) is 9.13. The van der Waals surface area contributed by atoms with Gasteiger partial charge >= 0.3 is 0 Å². The lowest BCUT2D eigenvalue weighted by molar-refractivity contribution is 0.0633. The molecule has 0 radical (unpaired) electrons. The standard InChI is InChI=1S/C22H21N5O/c28-21(18-8-11-24-25-14-18)27-12-4-9-22(15-27)10-7-17-13-23-20(26-19(17)22)16-5-2-1-3-6-16/h1-3,5-6,8,11,13-14H,4,7,9-10,12,15H2. The van der Waals surface area contributed by atoms with Crippen LogP contribution in [0.2, 0.25) is 0 Å². The van der Waals surface area contributed by atoms with Crippen LogP contribution in [0.15, 0.2) is 55.0 Å². The molecule has 0 N–H and O–H groups in total. The average molecular weight is 371 g/mol. The van der Waals surface area contributed by atoms with Gasteiger partial charge in [-0.25, -0.2) is 9.97 Å². The minimum absolute atomic E-state index is 0.0276. The first-order chi connectivity index (χ1) is 13.8. The van der Waals surface area contributed by atoms with E-state index in [-0.39, 0.29) is 11.3 Å². The molecule has 1 aromatic carbocycles. The molecule has 5 rings (SSSR count). The van der Waals surface area contributed by atoms with E-state index in [0.29, 0.717) is 12.1 Å². The summed E-state index contributed by atoms with van der Waals surface area (Å²) < 4.78 is 0. The van der Waals surface area contributed by atoms with Gasteiger partial charge in [-0.15, -0.1) is 0 Å². The minimum Gasteiger partial charge on any atom is -0.338 e. The first-order valence-electron chi connectivity index (χ1n) is 9.73. The Kier molecular flexibility index (Phi) is 4.11. The van der Waals surface area contributed by atoms with Crippen molar-refractivity contribution >= 4 is 5.91 Å². The molecule has 6 heteroatoms. The van der Waals surface area contributed by atoms with Crippen molar-refractivity contribution in [1.82, 2.24) is 25.1 Å². The fourth-order valence-electron chi connectivity index (χ4n) is 4.57. The number of carbonyl (C=O) groups excluding carboxylic acids is 1. The van der Waals surface area contributed by atoms with Gasteiger partial charge in [0.2, 0.25) is 0 Å². The van der Waals surface area contributed by atoms with Gasteiger partial charge in [0.05, 0.1) is 23.7 Å². The molecule has 1 aliphatic heterocycles. The number of amides is 1. The Bertz CT molecular complexity index is 1000. The summed E-state index contributed by atoms with van der Waals surface area (Å²) in [4.78, 5) is 24.5. The van der Waals surface area contributed by atoms with Crippen LogP contribution in [0.4, 0.5) is 0 Å². The molecule has 3 aromatic rings. The summed E-state index contributed by atoms with van der Waals surface area (Å²) in [6.45, 7) is 1.47. The van der Waals surface area contributed by atoms with E-state index >= 15 is 0 Å². The molecule has 1 amide bonds. The molecule has 28 heavy (non-hydrogen) atoms. The molecule has 2 aromatic heterocycles. The number of fused-ring (bicyclic) bond motifs is 2. The van der Waals surface area contributed by atoms with Gasteiger partial charge in [0.1, 0.15) is 0 Å². The minimum atomic E-state index is -0.0732. The lowest BCUT2D eigenvalue weighted by Crippen LogP contribution is -2.48. The number of nitrogens with zero attached hydrogens (tertiary/aromatic N) is 5. The number of benzene rings is 1. The van der Waals surface area contributed by atoms with Gasteiger partial charge in [0.25, 0.3) is 5.91 Å². The maximum atomic E-state index is 13.0. The predicted octanol–water partition coefficient (Wildman–Crippen LogP) is 3.05. The van der Waals surface area contributed by atoms with Crippen molar-refractivity contribution in [3.63, 3.8) is 0 Å². The monoisotopic (exact) mass is 371 g/mol. The largest absolute Gasteiger partial charge is 0.338 e. The van der Waals surface area contributed by atoms with Crippen molar-refractivity contribution in [2.75, 3.05) is 13.1 Å². The number of likely N-dealkylation sites (tertiary alicyclic amines) is 1. The van der Waals surface area contributed by atoms with E-state index in [0.717, 1.165) is 49.3 Å². The SMILES string of the molecule is O=C(c1ccnnc1)N1CCCC2(CCc3cnc(-c4ccccc4)nc32)C1. The maximum absolute atomic E-state index is 13.0. The average Bonchev–Trinajstić information content (AvgIpc) is 3.11. The topological polar surface area (TPSA) is 71.9 Å². The molecule has 1 fully saturated rings. The number of hydrogen-bond donors (Lipinski definition) is 0. The fourth-order valence-corrected chi connectivity index (χ4v) is 4.57. The summed E-state index contributed by atoms with van der Waals surface area (Å²) in [6, 6.07) is 11.8. The second-order valence-electron chi connectivity index (χ2n) is 7.68. The lowest BCUT2D eigenvalue weighted by Gasteiger charge is -2.40. The first kappa shape index (κ1) is 17.0. The highest BCUT2D eigenvalue weighted by atomic mass is 16.2. The van der Waals surface area contributed by atoms with Gasteiger partial charge in [-0.05, 0) is 37.3 Å². The van der Waals surface area contributed by atoms with Gasteiger partial charge in [0, 0.05) is 30.3 Å². The van der Waals surface area contributed by atoms with E-state index in [9.17, 15) is 4.79 Å². The Hall–Kier alpha value is -3.15. The van der Waals surface area contributed by atoms with E-state index in [2.05, 4.69) is 15.2 Å². The van der Waals surface area contributed by atoms with E-state index in [1.807, 2.05) is 41.4 Å². The molecule has 0 bridgehead atoms. The quantitative estimate of drug-likeness (QED) is 0.692. The second kappa shape index (κ2) is 6.78. The fraction of sp³-hybridized carbons (Fsp3) is 0.318. The van der Waals surface area contributed by atoms with Crippen LogP contribution in [0, 0.1) is 0 Å². The van der Waals surface area contributed by atoms with Crippen molar-refractivity contribution < 1.29 is 4.79 Å². The van der Waals surface area contributed by atoms with Crippen LogP contribution in [-0.2, 0) is 11.8 Å². The molecule has 1 atom stereocenters. The molecule has 1 aliphatic carbocycles. The van der Waals surface area contributed by atoms with E-state index in [4.69, 9.17) is 4.98 Å². The molecule has 2 aliphatic rings. The number of aryl methyl sites for hydroxylation is 1. The van der Waals surface area contributed by atoms with Crippen LogP contribution < -0.4 is 0 Å². The van der Waals surface area contributed by atoms with Crippen LogP contribution in [0.25, 0.3) is 11.4 Å². The molecule has 1 unspecified atom stereocenters. The number of piperidine rings is 1. The highest BCUT2D eigenvalue weighted by molar-refractivity contribution is 5.94. The summed E-state index contributed by atoms with van der Waals surface area (Å²) in [5.41, 5.74) is 3.90. The zero-order valence-electron chi connectivity index (χ0n) is 15.6. The van der Waals surface area contributed by atoms with E-state index in [1.54, 1.807) is 18.5 Å². The number of hydrogen-bond acceptors (Lipinski definition) is 5. The van der Waals surface area contributed by atoms with Gasteiger partial charge < -0.3 is 4.90 Å². The number of rotatable bonds is 2. The van der Waals surface area contributed by atoms with Gasteiger partial charge in [-0.1, -0.05) is 30.3 Å². The third kappa shape index (κ3) is 2.85. The van der Waals surface area contributed by atoms with Gasteiger partial charge in [-0.3, -0.25) is 4.79 Å². The molecule has 0 saturated carbocycles. The Morgan fingerprint density at radius 2 is 1.93 bits per heavy atom. The summed E-state index contributed by atoms with van der Waals surface area (Å²) in [5.74, 6) is 0.794. The molecule has 3 heterocycles. The first-order valence-corrected chi connectivity index (χ1v) is 9.73. The summed E-state index contributed by atoms with van der Waals surface area (Å²) >= 11 is 0. The Morgan fingerprint density at radius 1 is 1.04 bits per heavy atom. The van der Waals surface area contributed by atoms with Crippen LogP contribution in [-0.4, -0.2) is 44.1 Å². The Balaban J connectivity index is 1.48. The van der Waals surface area contributed by atoms with Crippen molar-refractivity contribution in [1.29, 1.82) is 0 Å². The summed E-state index contributed by atoms with van der Waals surface area (Å²) in [7, 11) is 0. The zero-order valence-corrected chi connectivity index (χ0v) is 15.6. The van der Waals surface area contributed by atoms with Crippen molar-refractivity contribution in [2.45, 2.75) is 31.1 Å². The molecular formula is C22H21N5O. The number of carbonyl (C=O) groups is 1. The highest BCUT2D eigenvalue weighted by Crippen LogP contribution is 2.44. The van der Waals surface area contributed by atoms with Crippen molar-refractivity contribution in [2.24, 2.45) is 0 Å². The van der Waals surface area contributed by atoms with Crippen molar-refractivity contribution in [3.8, 4) is 11.4 Å². The highest BCUT2D eigenvalue weighted by Gasteiger charge is 2.44. The Morgan fingerprint density at radius 3 is 2.75 bits per heavy atom. The van der Waals surface area contributed by atoms with E-state index in [1.165, 1.54) is 5.56 Å². The molecule has 6 nitrogen and oxygen atoms in total. The van der Waals surface area contributed by atoms with Crippen molar-refractivity contribution in [3.05, 3.63) is 71.8 Å². The van der Waals surface area contributed by atoms with Crippen LogP contribution >= 0.6 is 0 Å². The molecule has 1 spiro atoms. The van der Waals surface area contributed by atoms with Crippen LogP contribution in [0.1, 0.15) is 40.9 Å². The third-order valence-corrected chi connectivity index (χ3v) is 5.97. The summed E-state index contributed by atoms with van der Waals surface area (Å²) in [5, 5.41) is 7.63. The van der Waals surface area contributed by atoms with Crippen LogP contribution in [0.3, 0.4) is 0 Å². The third-order valence-electron chi connectivity index (χ3n) is 5.97. The van der Waals surface area contributed by atoms with Gasteiger partial charge in [-0.2, -0.15) is 10.2 Å². The maximum Gasteiger partial charge on any atom is 0.255 e. The predicted molar refractivity (Wildman–Crippen MR) is 105 cm³/mol. The van der Waals surface area contributed by atoms with Crippen LogP contribution in [0.5, 0.6) is 0 Å². The van der Waals surface area contributed by atoms with E-state index < -0.39 is 0 Å². The lowest BCUT2D eigenvalue weighted by atomic mass is 9.77. The molecular weight excluding hydrogens is 350 g/mol. The normalized spacial score (nSPS) is 20.9. The molecule has 140 valence electrons. The number of aromatic nitrogens is 4. The smallest absolute Gasteiger partial charge is 0.255 e. The Labute approximate surface area is 163 Å². The van der Waals surface area contributed by atoms with Gasteiger partial charge in [0.15, 0.2) is 5.82 Å².